The maximum atomic E-state index is 12.3. The highest BCUT2D eigenvalue weighted by atomic mass is 32.1. The molecule has 0 aliphatic rings. The summed E-state index contributed by atoms with van der Waals surface area (Å²) in [6.45, 7) is 3.99. The first-order valence-corrected chi connectivity index (χ1v) is 7.99. The largest absolute Gasteiger partial charge is 0.331 e. The lowest BCUT2D eigenvalue weighted by Gasteiger charge is -2.12. The Hall–Kier alpha value is -2.79. The predicted molar refractivity (Wildman–Crippen MR) is 101 cm³/mol. The number of fused-ring (bicyclic) bond motifs is 1. The molecule has 0 saturated carbocycles. The van der Waals surface area contributed by atoms with Crippen molar-refractivity contribution in [1.82, 2.24) is 10.3 Å². The second-order valence-corrected chi connectivity index (χ2v) is 6.00. The highest BCUT2D eigenvalue weighted by molar-refractivity contribution is 7.80. The van der Waals surface area contributed by atoms with Gasteiger partial charge in [0.05, 0.1) is 11.2 Å². The topological polar surface area (TPSA) is 54.0 Å². The Kier molecular flexibility index (Phi) is 4.53. The standard InChI is InChI=1S/C19H17N3OS/c1-12-8-9-15(11-13(12)2)18(23)22-19(24)21-16-7-3-5-14-6-4-10-20-17(14)16/h3-11H,1-2H3,(H2,21,22,23,24). The number of aromatic nitrogens is 1. The Balaban J connectivity index is 1.75. The fraction of sp³-hybridized carbons (Fsp3) is 0.105. The molecule has 1 aromatic heterocycles. The van der Waals surface area contributed by atoms with Crippen LogP contribution >= 0.6 is 12.2 Å². The van der Waals surface area contributed by atoms with E-state index in [-0.39, 0.29) is 11.0 Å². The molecule has 0 saturated heterocycles. The molecule has 2 aromatic carbocycles. The van der Waals surface area contributed by atoms with E-state index in [4.69, 9.17) is 12.2 Å². The molecule has 24 heavy (non-hydrogen) atoms. The Morgan fingerprint density at radius 1 is 1.04 bits per heavy atom. The van der Waals surface area contributed by atoms with Crippen LogP contribution in [0.1, 0.15) is 21.5 Å². The van der Waals surface area contributed by atoms with Gasteiger partial charge in [0.1, 0.15) is 0 Å². The van der Waals surface area contributed by atoms with Crippen molar-refractivity contribution in [2.24, 2.45) is 0 Å². The average molecular weight is 335 g/mol. The number of nitrogens with zero attached hydrogens (tertiary/aromatic N) is 1. The van der Waals surface area contributed by atoms with E-state index < -0.39 is 0 Å². The number of rotatable bonds is 2. The van der Waals surface area contributed by atoms with Crippen molar-refractivity contribution in [3.8, 4) is 0 Å². The molecule has 4 nitrogen and oxygen atoms in total. The van der Waals surface area contributed by atoms with Gasteiger partial charge in [-0.25, -0.2) is 0 Å². The van der Waals surface area contributed by atoms with Crippen LogP contribution < -0.4 is 10.6 Å². The zero-order valence-electron chi connectivity index (χ0n) is 13.5. The van der Waals surface area contributed by atoms with Crippen molar-refractivity contribution in [3.05, 3.63) is 71.4 Å². The van der Waals surface area contributed by atoms with Crippen LogP contribution in [-0.4, -0.2) is 16.0 Å². The molecular weight excluding hydrogens is 318 g/mol. The summed E-state index contributed by atoms with van der Waals surface area (Å²) >= 11 is 5.26. The molecule has 0 aliphatic heterocycles. The summed E-state index contributed by atoms with van der Waals surface area (Å²) in [6, 6.07) is 15.2. The van der Waals surface area contributed by atoms with Gasteiger partial charge in [0.15, 0.2) is 5.11 Å². The van der Waals surface area contributed by atoms with Gasteiger partial charge in [-0.15, -0.1) is 0 Å². The number of nitrogens with one attached hydrogen (secondary N) is 2. The van der Waals surface area contributed by atoms with Crippen molar-refractivity contribution in [2.75, 3.05) is 5.32 Å². The Labute approximate surface area is 145 Å². The molecule has 1 heterocycles. The lowest BCUT2D eigenvalue weighted by Crippen LogP contribution is -2.34. The molecule has 3 aromatic rings. The minimum absolute atomic E-state index is 0.233. The molecule has 0 bridgehead atoms. The molecule has 0 fully saturated rings. The summed E-state index contributed by atoms with van der Waals surface area (Å²) in [5.41, 5.74) is 4.37. The summed E-state index contributed by atoms with van der Waals surface area (Å²) in [4.78, 5) is 16.7. The normalized spacial score (nSPS) is 10.4. The number of pyridine rings is 1. The summed E-state index contributed by atoms with van der Waals surface area (Å²) in [7, 11) is 0. The van der Waals surface area contributed by atoms with E-state index in [1.165, 1.54) is 0 Å². The smallest absolute Gasteiger partial charge is 0.257 e. The van der Waals surface area contributed by atoms with E-state index in [9.17, 15) is 4.79 Å². The number of aryl methyl sites for hydroxylation is 2. The van der Waals surface area contributed by atoms with Crippen molar-refractivity contribution in [2.45, 2.75) is 13.8 Å². The van der Waals surface area contributed by atoms with Crippen LogP contribution in [0.5, 0.6) is 0 Å². The van der Waals surface area contributed by atoms with Gasteiger partial charge in [-0.2, -0.15) is 0 Å². The van der Waals surface area contributed by atoms with Gasteiger partial charge in [-0.1, -0.05) is 24.3 Å². The molecule has 2 N–H and O–H groups in total. The quantitative estimate of drug-likeness (QED) is 0.696. The summed E-state index contributed by atoms with van der Waals surface area (Å²) in [5.74, 6) is -0.233. The number of anilines is 1. The van der Waals surface area contributed by atoms with E-state index in [1.54, 1.807) is 12.3 Å². The van der Waals surface area contributed by atoms with Gasteiger partial charge in [0.2, 0.25) is 0 Å². The first-order chi connectivity index (χ1) is 11.5. The number of amides is 1. The van der Waals surface area contributed by atoms with Crippen LogP contribution in [0.3, 0.4) is 0 Å². The predicted octanol–water partition coefficient (Wildman–Crippen LogP) is 3.98. The van der Waals surface area contributed by atoms with Gasteiger partial charge >= 0.3 is 0 Å². The van der Waals surface area contributed by atoms with Crippen molar-refractivity contribution in [1.29, 1.82) is 0 Å². The molecule has 1 amide bonds. The van der Waals surface area contributed by atoms with Crippen LogP contribution in [0, 0.1) is 13.8 Å². The van der Waals surface area contributed by atoms with E-state index in [0.29, 0.717) is 5.56 Å². The molecule has 120 valence electrons. The van der Waals surface area contributed by atoms with Crippen LogP contribution in [-0.2, 0) is 0 Å². The zero-order chi connectivity index (χ0) is 17.1. The molecular formula is C19H17N3OS. The summed E-state index contributed by atoms with van der Waals surface area (Å²) in [5, 5.41) is 7.01. The van der Waals surface area contributed by atoms with Gasteiger partial charge in [-0.3, -0.25) is 15.1 Å². The second-order valence-electron chi connectivity index (χ2n) is 5.59. The maximum Gasteiger partial charge on any atom is 0.257 e. The molecule has 0 atom stereocenters. The Morgan fingerprint density at radius 2 is 1.83 bits per heavy atom. The van der Waals surface area contributed by atoms with Crippen molar-refractivity contribution in [3.63, 3.8) is 0 Å². The molecule has 0 spiro atoms. The highest BCUT2D eigenvalue weighted by Gasteiger charge is 2.10. The van der Waals surface area contributed by atoms with Crippen molar-refractivity contribution >= 4 is 39.8 Å². The van der Waals surface area contributed by atoms with Crippen molar-refractivity contribution < 1.29 is 4.79 Å². The summed E-state index contributed by atoms with van der Waals surface area (Å²) < 4.78 is 0. The van der Waals surface area contributed by atoms with E-state index in [0.717, 1.165) is 27.7 Å². The minimum atomic E-state index is -0.233. The monoisotopic (exact) mass is 335 g/mol. The van der Waals surface area contributed by atoms with Gasteiger partial charge < -0.3 is 5.32 Å². The van der Waals surface area contributed by atoms with Crippen LogP contribution in [0.25, 0.3) is 10.9 Å². The fourth-order valence-electron chi connectivity index (χ4n) is 2.42. The molecule has 3 rings (SSSR count). The third-order valence-corrected chi connectivity index (χ3v) is 4.08. The molecule has 0 radical (unpaired) electrons. The minimum Gasteiger partial charge on any atom is -0.331 e. The molecule has 0 aliphatic carbocycles. The van der Waals surface area contributed by atoms with Gasteiger partial charge in [0, 0.05) is 17.1 Å². The van der Waals surface area contributed by atoms with Crippen LogP contribution in [0.15, 0.2) is 54.7 Å². The third kappa shape index (κ3) is 3.41. The molecule has 5 heteroatoms. The fourth-order valence-corrected chi connectivity index (χ4v) is 2.62. The number of hydrogen-bond donors (Lipinski definition) is 2. The highest BCUT2D eigenvalue weighted by Crippen LogP contribution is 2.20. The molecule has 0 unspecified atom stereocenters. The van der Waals surface area contributed by atoms with Crippen LogP contribution in [0.2, 0.25) is 0 Å². The second kappa shape index (κ2) is 6.76. The Bertz CT molecular complexity index is 932. The third-order valence-electron chi connectivity index (χ3n) is 3.88. The zero-order valence-corrected chi connectivity index (χ0v) is 14.3. The number of hydrogen-bond acceptors (Lipinski definition) is 3. The summed E-state index contributed by atoms with van der Waals surface area (Å²) in [6.07, 6.45) is 1.73. The number of benzene rings is 2. The number of carbonyl (C=O) groups is 1. The average Bonchev–Trinajstić information content (AvgIpc) is 2.57. The van der Waals surface area contributed by atoms with Gasteiger partial charge in [0.25, 0.3) is 5.91 Å². The van der Waals surface area contributed by atoms with E-state index in [1.807, 2.05) is 56.3 Å². The first kappa shape index (κ1) is 16.1. The number of para-hydroxylation sites is 1. The lowest BCUT2D eigenvalue weighted by molar-refractivity contribution is 0.0977. The number of carbonyl (C=O) groups excluding carboxylic acids is 1. The van der Waals surface area contributed by atoms with Crippen LogP contribution in [0.4, 0.5) is 5.69 Å². The Morgan fingerprint density at radius 3 is 2.62 bits per heavy atom. The van der Waals surface area contributed by atoms with E-state index >= 15 is 0 Å². The lowest BCUT2D eigenvalue weighted by atomic mass is 10.1. The maximum absolute atomic E-state index is 12.3. The first-order valence-electron chi connectivity index (χ1n) is 7.58. The number of thiocarbonyl (C=S) groups is 1. The SMILES string of the molecule is Cc1ccc(C(=O)NC(=S)Nc2cccc3cccnc23)cc1C. The van der Waals surface area contributed by atoms with E-state index in [2.05, 4.69) is 15.6 Å². The van der Waals surface area contributed by atoms with Gasteiger partial charge in [-0.05, 0) is 61.5 Å².